The molecule has 2 aliphatic rings. The molecule has 7 nitrogen and oxygen atoms in total. The standard InChI is InChI=1S/C14H17NO6/c1-4-9-7-8(5-6-15(9)13(18)19)10-11(16)20-14(2,3)21-12(10)17/h4,9H,1,5-7H2,2-3H3,(H,18,19). The summed E-state index contributed by atoms with van der Waals surface area (Å²) in [4.78, 5) is 36.3. The highest BCUT2D eigenvalue weighted by molar-refractivity contribution is 6.16. The molecule has 2 rings (SSSR count). The molecule has 114 valence electrons. The summed E-state index contributed by atoms with van der Waals surface area (Å²) in [5.74, 6) is -2.73. The Morgan fingerprint density at radius 3 is 2.43 bits per heavy atom. The lowest BCUT2D eigenvalue weighted by Gasteiger charge is -2.35. The number of ether oxygens (including phenoxy) is 2. The SMILES string of the molecule is C=CC1CC(=C2C(=O)OC(C)(C)OC2=O)CCN1C(=O)O. The molecule has 0 aliphatic carbocycles. The Morgan fingerprint density at radius 2 is 1.95 bits per heavy atom. The van der Waals surface area contributed by atoms with Crippen molar-refractivity contribution in [3.63, 3.8) is 0 Å². The van der Waals surface area contributed by atoms with Crippen molar-refractivity contribution in [1.82, 2.24) is 4.90 Å². The zero-order chi connectivity index (χ0) is 15.8. The third kappa shape index (κ3) is 2.91. The Morgan fingerprint density at radius 1 is 1.38 bits per heavy atom. The molecule has 2 aliphatic heterocycles. The average Bonchev–Trinajstić information content (AvgIpc) is 2.35. The lowest BCUT2D eigenvalue weighted by molar-refractivity contribution is -0.222. The van der Waals surface area contributed by atoms with Crippen LogP contribution >= 0.6 is 0 Å². The van der Waals surface area contributed by atoms with Gasteiger partial charge in [0, 0.05) is 20.4 Å². The number of hydrogen-bond acceptors (Lipinski definition) is 5. The van der Waals surface area contributed by atoms with Crippen LogP contribution in [0.2, 0.25) is 0 Å². The van der Waals surface area contributed by atoms with Gasteiger partial charge in [-0.25, -0.2) is 14.4 Å². The first-order chi connectivity index (χ1) is 9.75. The van der Waals surface area contributed by atoms with Crippen molar-refractivity contribution in [1.29, 1.82) is 0 Å². The number of carbonyl (C=O) groups excluding carboxylic acids is 2. The number of piperidine rings is 1. The van der Waals surface area contributed by atoms with Crippen LogP contribution in [-0.2, 0) is 19.1 Å². The maximum atomic E-state index is 12.0. The first-order valence-corrected chi connectivity index (χ1v) is 6.56. The van der Waals surface area contributed by atoms with E-state index < -0.39 is 29.9 Å². The first kappa shape index (κ1) is 15.1. The fraction of sp³-hybridized carbons (Fsp3) is 0.500. The maximum Gasteiger partial charge on any atom is 0.407 e. The van der Waals surface area contributed by atoms with Gasteiger partial charge in [0.25, 0.3) is 5.79 Å². The summed E-state index contributed by atoms with van der Waals surface area (Å²) < 4.78 is 10.1. The van der Waals surface area contributed by atoms with Gasteiger partial charge in [0.1, 0.15) is 5.57 Å². The second kappa shape index (κ2) is 5.23. The zero-order valence-corrected chi connectivity index (χ0v) is 11.9. The van der Waals surface area contributed by atoms with Gasteiger partial charge in [0.15, 0.2) is 0 Å². The predicted molar refractivity (Wildman–Crippen MR) is 71.2 cm³/mol. The van der Waals surface area contributed by atoms with Crippen LogP contribution in [0.5, 0.6) is 0 Å². The molecular formula is C14H17NO6. The van der Waals surface area contributed by atoms with Gasteiger partial charge >= 0.3 is 18.0 Å². The number of likely N-dealkylation sites (tertiary alicyclic amines) is 1. The number of hydrogen-bond donors (Lipinski definition) is 1. The van der Waals surface area contributed by atoms with Crippen molar-refractivity contribution in [2.75, 3.05) is 6.54 Å². The van der Waals surface area contributed by atoms with Gasteiger partial charge in [-0.1, -0.05) is 6.08 Å². The Bertz CT molecular complexity index is 526. The van der Waals surface area contributed by atoms with E-state index in [0.717, 1.165) is 0 Å². The van der Waals surface area contributed by atoms with E-state index in [-0.39, 0.29) is 25.0 Å². The highest BCUT2D eigenvalue weighted by atomic mass is 16.7. The highest BCUT2D eigenvalue weighted by Gasteiger charge is 2.42. The Balaban J connectivity index is 2.29. The van der Waals surface area contributed by atoms with E-state index in [1.54, 1.807) is 0 Å². The molecule has 0 aromatic carbocycles. The molecule has 1 N–H and O–H groups in total. The average molecular weight is 295 g/mol. The number of carbonyl (C=O) groups is 3. The summed E-state index contributed by atoms with van der Waals surface area (Å²) >= 11 is 0. The van der Waals surface area contributed by atoms with Gasteiger partial charge in [-0.15, -0.1) is 6.58 Å². The number of carboxylic acid groups (broad SMARTS) is 1. The largest absolute Gasteiger partial charge is 0.465 e. The van der Waals surface area contributed by atoms with Crippen LogP contribution in [0.3, 0.4) is 0 Å². The van der Waals surface area contributed by atoms with E-state index in [1.165, 1.54) is 24.8 Å². The second-order valence-electron chi connectivity index (χ2n) is 5.39. The Hall–Kier alpha value is -2.31. The first-order valence-electron chi connectivity index (χ1n) is 6.56. The van der Waals surface area contributed by atoms with Crippen LogP contribution in [0.4, 0.5) is 4.79 Å². The fourth-order valence-electron chi connectivity index (χ4n) is 2.50. The van der Waals surface area contributed by atoms with Crippen molar-refractivity contribution < 1.29 is 29.0 Å². The topological polar surface area (TPSA) is 93.1 Å². The third-order valence-corrected chi connectivity index (χ3v) is 3.47. The predicted octanol–water partition coefficient (Wildman–Crippen LogP) is 1.45. The quantitative estimate of drug-likeness (QED) is 0.340. The van der Waals surface area contributed by atoms with Crippen molar-refractivity contribution in [3.8, 4) is 0 Å². The van der Waals surface area contributed by atoms with E-state index >= 15 is 0 Å². The summed E-state index contributed by atoms with van der Waals surface area (Å²) in [6.45, 7) is 6.74. The summed E-state index contributed by atoms with van der Waals surface area (Å²) in [6, 6.07) is -0.478. The normalized spacial score (nSPS) is 25.2. The van der Waals surface area contributed by atoms with Crippen molar-refractivity contribution in [3.05, 3.63) is 23.8 Å². The van der Waals surface area contributed by atoms with Crippen LogP contribution < -0.4 is 0 Å². The molecule has 1 atom stereocenters. The lowest BCUT2D eigenvalue weighted by atomic mass is 9.92. The fourth-order valence-corrected chi connectivity index (χ4v) is 2.50. The molecule has 0 spiro atoms. The van der Waals surface area contributed by atoms with Crippen molar-refractivity contribution in [2.24, 2.45) is 0 Å². The van der Waals surface area contributed by atoms with Gasteiger partial charge in [-0.3, -0.25) is 0 Å². The van der Waals surface area contributed by atoms with Gasteiger partial charge in [-0.05, 0) is 18.4 Å². The molecule has 0 saturated carbocycles. The molecule has 2 heterocycles. The minimum Gasteiger partial charge on any atom is -0.465 e. The minimum absolute atomic E-state index is 0.119. The number of rotatable bonds is 1. The van der Waals surface area contributed by atoms with Gasteiger partial charge in [0.05, 0.1) is 6.04 Å². The van der Waals surface area contributed by atoms with Crippen LogP contribution in [0.1, 0.15) is 26.7 Å². The van der Waals surface area contributed by atoms with Crippen LogP contribution in [-0.4, -0.2) is 46.4 Å². The summed E-state index contributed by atoms with van der Waals surface area (Å²) in [7, 11) is 0. The molecule has 1 amide bonds. The highest BCUT2D eigenvalue weighted by Crippen LogP contribution is 2.31. The molecular weight excluding hydrogens is 278 g/mol. The van der Waals surface area contributed by atoms with E-state index in [4.69, 9.17) is 14.6 Å². The van der Waals surface area contributed by atoms with Crippen LogP contribution in [0.15, 0.2) is 23.8 Å². The van der Waals surface area contributed by atoms with Crippen LogP contribution in [0.25, 0.3) is 0 Å². The lowest BCUT2D eigenvalue weighted by Crippen LogP contribution is -2.45. The number of amides is 1. The van der Waals surface area contributed by atoms with E-state index in [2.05, 4.69) is 6.58 Å². The molecule has 21 heavy (non-hydrogen) atoms. The summed E-state index contributed by atoms with van der Waals surface area (Å²) in [6.07, 6.45) is 0.947. The second-order valence-corrected chi connectivity index (χ2v) is 5.39. The van der Waals surface area contributed by atoms with Crippen molar-refractivity contribution >= 4 is 18.0 Å². The summed E-state index contributed by atoms with van der Waals surface area (Å²) in [5, 5.41) is 9.09. The molecule has 2 saturated heterocycles. The molecule has 0 radical (unpaired) electrons. The van der Waals surface area contributed by atoms with Crippen molar-refractivity contribution in [2.45, 2.75) is 38.5 Å². The molecule has 1 unspecified atom stereocenters. The molecule has 7 heteroatoms. The maximum absolute atomic E-state index is 12.0. The number of esters is 2. The number of nitrogens with zero attached hydrogens (tertiary/aromatic N) is 1. The summed E-state index contributed by atoms with van der Waals surface area (Å²) in [5.41, 5.74) is 0.425. The van der Waals surface area contributed by atoms with Gasteiger partial charge < -0.3 is 19.5 Å². The number of cyclic esters (lactones) is 2. The van der Waals surface area contributed by atoms with Crippen LogP contribution in [0, 0.1) is 0 Å². The minimum atomic E-state index is -1.28. The monoisotopic (exact) mass is 295 g/mol. The molecule has 0 bridgehead atoms. The van der Waals surface area contributed by atoms with E-state index in [0.29, 0.717) is 5.57 Å². The Labute approximate surface area is 121 Å². The smallest absolute Gasteiger partial charge is 0.407 e. The van der Waals surface area contributed by atoms with Gasteiger partial charge in [0.2, 0.25) is 0 Å². The Kier molecular flexibility index (Phi) is 3.76. The zero-order valence-electron chi connectivity index (χ0n) is 11.9. The third-order valence-electron chi connectivity index (χ3n) is 3.47. The van der Waals surface area contributed by atoms with E-state index in [9.17, 15) is 14.4 Å². The molecule has 0 aromatic rings. The van der Waals surface area contributed by atoms with Gasteiger partial charge in [-0.2, -0.15) is 0 Å². The molecule has 2 fully saturated rings. The van der Waals surface area contributed by atoms with E-state index in [1.807, 2.05) is 0 Å². The molecule has 0 aromatic heterocycles.